The number of H-pyrrole nitrogens is 1. The van der Waals surface area contributed by atoms with Crippen LogP contribution in [0.15, 0.2) is 35.6 Å². The number of nitrogens with zero attached hydrogens (tertiary/aromatic N) is 1. The number of carbonyl (C=O) groups excluding carboxylic acids is 2. The van der Waals surface area contributed by atoms with Crippen LogP contribution in [0.3, 0.4) is 0 Å². The summed E-state index contributed by atoms with van der Waals surface area (Å²) in [5.41, 5.74) is 1.52. The normalized spacial score (nSPS) is 11.8. The van der Waals surface area contributed by atoms with E-state index in [0.29, 0.717) is 11.7 Å². The molecule has 2 aromatic rings. The summed E-state index contributed by atoms with van der Waals surface area (Å²) < 4.78 is 12.9. The van der Waals surface area contributed by atoms with Gasteiger partial charge in [0.2, 0.25) is 5.91 Å². The molecule has 1 unspecified atom stereocenters. The first-order valence-corrected chi connectivity index (χ1v) is 7.94. The van der Waals surface area contributed by atoms with Gasteiger partial charge in [-0.2, -0.15) is 0 Å². The van der Waals surface area contributed by atoms with Gasteiger partial charge >= 0.3 is 6.03 Å². The van der Waals surface area contributed by atoms with Crippen LogP contribution in [0.4, 0.5) is 9.18 Å². The number of carbonyl (C=O) groups is 2. The van der Waals surface area contributed by atoms with E-state index in [2.05, 4.69) is 20.6 Å². The molecular formula is C15H17FN4O2S. The van der Waals surface area contributed by atoms with Gasteiger partial charge < -0.3 is 10.3 Å². The third kappa shape index (κ3) is 4.82. The zero-order valence-electron chi connectivity index (χ0n) is 12.7. The number of hydrogen-bond donors (Lipinski definition) is 3. The number of imidazole rings is 1. The number of aromatic amines is 1. The average molecular weight is 336 g/mol. The van der Waals surface area contributed by atoms with Gasteiger partial charge in [-0.15, -0.1) is 0 Å². The van der Waals surface area contributed by atoms with E-state index in [0.717, 1.165) is 11.3 Å². The van der Waals surface area contributed by atoms with E-state index in [1.165, 1.54) is 23.9 Å². The zero-order valence-corrected chi connectivity index (χ0v) is 13.5. The predicted octanol–water partition coefficient (Wildman–Crippen LogP) is 2.54. The second-order valence-corrected chi connectivity index (χ2v) is 6.05. The van der Waals surface area contributed by atoms with Gasteiger partial charge in [-0.3, -0.25) is 10.1 Å². The highest BCUT2D eigenvalue weighted by Crippen LogP contribution is 2.24. The Hall–Kier alpha value is -2.35. The van der Waals surface area contributed by atoms with Crippen molar-refractivity contribution < 1.29 is 14.0 Å². The highest BCUT2D eigenvalue weighted by atomic mass is 32.2. The predicted molar refractivity (Wildman–Crippen MR) is 86.5 cm³/mol. The average Bonchev–Trinajstić information content (AvgIpc) is 2.96. The van der Waals surface area contributed by atoms with E-state index in [1.807, 2.05) is 0 Å². The molecule has 0 aliphatic rings. The summed E-state index contributed by atoms with van der Waals surface area (Å²) in [6.07, 6.45) is 1.62. The number of nitrogens with one attached hydrogen (secondary N) is 3. The summed E-state index contributed by atoms with van der Waals surface area (Å²) in [5, 5.41) is 4.79. The van der Waals surface area contributed by atoms with Gasteiger partial charge in [0.05, 0.1) is 17.1 Å². The number of hydrogen-bond acceptors (Lipinski definition) is 4. The topological polar surface area (TPSA) is 86.9 Å². The smallest absolute Gasteiger partial charge is 0.321 e. The summed E-state index contributed by atoms with van der Waals surface area (Å²) in [6, 6.07) is 5.50. The molecule has 0 aliphatic carbocycles. The maximum absolute atomic E-state index is 12.9. The first kappa shape index (κ1) is 17.0. The minimum atomic E-state index is -0.517. The minimum Gasteiger partial charge on any atom is -0.338 e. The van der Waals surface area contributed by atoms with Gasteiger partial charge in [-0.25, -0.2) is 14.2 Å². The van der Waals surface area contributed by atoms with Crippen molar-refractivity contribution in [1.82, 2.24) is 20.6 Å². The summed E-state index contributed by atoms with van der Waals surface area (Å²) in [7, 11) is 0. The molecule has 0 saturated carbocycles. The molecule has 122 valence electrons. The van der Waals surface area contributed by atoms with Crippen molar-refractivity contribution in [2.75, 3.05) is 6.54 Å². The van der Waals surface area contributed by atoms with Crippen LogP contribution in [0.1, 0.15) is 13.8 Å². The van der Waals surface area contributed by atoms with Crippen molar-refractivity contribution in [3.63, 3.8) is 0 Å². The fraction of sp³-hybridized carbons (Fsp3) is 0.267. The molecule has 1 heterocycles. The van der Waals surface area contributed by atoms with Crippen LogP contribution in [-0.2, 0) is 4.79 Å². The fourth-order valence-corrected chi connectivity index (χ4v) is 2.56. The molecule has 3 amide bonds. The lowest BCUT2D eigenvalue weighted by Gasteiger charge is -2.09. The Morgan fingerprint density at radius 2 is 2.04 bits per heavy atom. The largest absolute Gasteiger partial charge is 0.338 e. The quantitative estimate of drug-likeness (QED) is 0.732. The van der Waals surface area contributed by atoms with Crippen LogP contribution < -0.4 is 10.6 Å². The van der Waals surface area contributed by atoms with Crippen molar-refractivity contribution in [3.8, 4) is 11.3 Å². The van der Waals surface area contributed by atoms with Crippen molar-refractivity contribution in [1.29, 1.82) is 0 Å². The Bertz CT molecular complexity index is 687. The summed E-state index contributed by atoms with van der Waals surface area (Å²) in [6.45, 7) is 3.89. The van der Waals surface area contributed by atoms with Gasteiger partial charge in [0.1, 0.15) is 5.82 Å². The SMILES string of the molecule is CCNC(=O)NC(=O)C(C)Sc1ncc(-c2ccc(F)cc2)[nH]1. The molecule has 0 spiro atoms. The van der Waals surface area contributed by atoms with Crippen LogP contribution in [0.25, 0.3) is 11.3 Å². The molecule has 0 aliphatic heterocycles. The molecule has 0 fully saturated rings. The van der Waals surface area contributed by atoms with Crippen LogP contribution in [0, 0.1) is 5.82 Å². The molecule has 1 aromatic carbocycles. The number of rotatable bonds is 5. The van der Waals surface area contributed by atoms with E-state index in [-0.39, 0.29) is 5.82 Å². The van der Waals surface area contributed by atoms with E-state index in [1.54, 1.807) is 32.2 Å². The highest BCUT2D eigenvalue weighted by Gasteiger charge is 2.18. The van der Waals surface area contributed by atoms with Gasteiger partial charge in [0.25, 0.3) is 0 Å². The lowest BCUT2D eigenvalue weighted by Crippen LogP contribution is -2.42. The molecule has 2 rings (SSSR count). The fourth-order valence-electron chi connectivity index (χ4n) is 1.78. The van der Waals surface area contributed by atoms with Gasteiger partial charge in [0.15, 0.2) is 5.16 Å². The van der Waals surface area contributed by atoms with E-state index in [4.69, 9.17) is 0 Å². The Balaban J connectivity index is 1.97. The second-order valence-electron chi connectivity index (χ2n) is 4.72. The standard InChI is InChI=1S/C15H17FN4O2S/c1-3-17-14(22)20-13(21)9(2)23-15-18-8-12(19-15)10-4-6-11(16)7-5-10/h4-9H,3H2,1-2H3,(H,18,19)(H2,17,20,21,22). The van der Waals surface area contributed by atoms with Gasteiger partial charge in [0, 0.05) is 6.54 Å². The van der Waals surface area contributed by atoms with E-state index in [9.17, 15) is 14.0 Å². The van der Waals surface area contributed by atoms with Crippen molar-refractivity contribution in [3.05, 3.63) is 36.3 Å². The second kappa shape index (κ2) is 7.77. The molecule has 1 aromatic heterocycles. The van der Waals surface area contributed by atoms with Crippen LogP contribution in [0.5, 0.6) is 0 Å². The molecular weight excluding hydrogens is 319 g/mol. The first-order chi connectivity index (χ1) is 11.0. The van der Waals surface area contributed by atoms with Gasteiger partial charge in [-0.1, -0.05) is 11.8 Å². The summed E-state index contributed by atoms with van der Waals surface area (Å²) >= 11 is 1.20. The van der Waals surface area contributed by atoms with Crippen molar-refractivity contribution in [2.45, 2.75) is 24.3 Å². The molecule has 23 heavy (non-hydrogen) atoms. The zero-order chi connectivity index (χ0) is 16.8. The molecule has 3 N–H and O–H groups in total. The molecule has 0 bridgehead atoms. The third-order valence-electron chi connectivity index (χ3n) is 2.94. The third-order valence-corrected chi connectivity index (χ3v) is 3.94. The van der Waals surface area contributed by atoms with Crippen LogP contribution in [-0.4, -0.2) is 33.7 Å². The van der Waals surface area contributed by atoms with Crippen molar-refractivity contribution in [2.24, 2.45) is 0 Å². The Kier molecular flexibility index (Phi) is 5.75. The number of urea groups is 1. The molecule has 0 saturated heterocycles. The summed E-state index contributed by atoms with van der Waals surface area (Å²) in [4.78, 5) is 30.4. The molecule has 1 atom stereocenters. The number of benzene rings is 1. The molecule has 0 radical (unpaired) electrons. The Labute approximate surface area is 137 Å². The van der Waals surface area contributed by atoms with E-state index >= 15 is 0 Å². The number of imide groups is 1. The lowest BCUT2D eigenvalue weighted by atomic mass is 10.2. The van der Waals surface area contributed by atoms with Gasteiger partial charge in [-0.05, 0) is 43.7 Å². The minimum absolute atomic E-state index is 0.307. The summed E-state index contributed by atoms with van der Waals surface area (Å²) in [5.74, 6) is -0.709. The number of aromatic nitrogens is 2. The first-order valence-electron chi connectivity index (χ1n) is 7.06. The number of halogens is 1. The number of amides is 3. The van der Waals surface area contributed by atoms with Crippen molar-refractivity contribution >= 4 is 23.7 Å². The van der Waals surface area contributed by atoms with E-state index < -0.39 is 17.2 Å². The van der Waals surface area contributed by atoms with Crippen LogP contribution >= 0.6 is 11.8 Å². The number of thioether (sulfide) groups is 1. The molecule has 6 nitrogen and oxygen atoms in total. The molecule has 8 heteroatoms. The lowest BCUT2D eigenvalue weighted by molar-refractivity contribution is -0.119. The monoisotopic (exact) mass is 336 g/mol. The Morgan fingerprint density at radius 3 is 2.70 bits per heavy atom. The maximum Gasteiger partial charge on any atom is 0.321 e. The highest BCUT2D eigenvalue weighted by molar-refractivity contribution is 8.00. The van der Waals surface area contributed by atoms with Crippen LogP contribution in [0.2, 0.25) is 0 Å². The Morgan fingerprint density at radius 1 is 1.35 bits per heavy atom. The maximum atomic E-state index is 12.9.